The number of aryl methyl sites for hydroxylation is 1. The van der Waals surface area contributed by atoms with Gasteiger partial charge < -0.3 is 14.9 Å². The molecule has 1 rings (SSSR count). The van der Waals surface area contributed by atoms with Gasteiger partial charge in [-0.1, -0.05) is 12.1 Å². The zero-order valence-electron chi connectivity index (χ0n) is 8.89. The molecule has 1 atom stereocenters. The van der Waals surface area contributed by atoms with Crippen molar-refractivity contribution in [3.8, 4) is 11.8 Å². The van der Waals surface area contributed by atoms with Gasteiger partial charge in [-0.05, 0) is 12.5 Å². The number of carbonyl (C=O) groups is 1. The van der Waals surface area contributed by atoms with Crippen LogP contribution in [0.4, 0.5) is 0 Å². The maximum Gasteiger partial charge on any atom is 0.337 e. The molecule has 2 N–H and O–H groups in total. The summed E-state index contributed by atoms with van der Waals surface area (Å²) in [5.41, 5.74) is 0.984. The third kappa shape index (κ3) is 1.97. The fraction of sp³-hybridized carbons (Fsp3) is 0.273. The van der Waals surface area contributed by atoms with Crippen molar-refractivity contribution < 1.29 is 19.7 Å². The van der Waals surface area contributed by atoms with E-state index in [0.717, 1.165) is 0 Å². The lowest BCUT2D eigenvalue weighted by Gasteiger charge is -2.13. The number of aliphatic hydroxyl groups excluding tert-OH is 1. The molecule has 0 bridgehead atoms. The summed E-state index contributed by atoms with van der Waals surface area (Å²) in [6.45, 7) is 1.71. The minimum atomic E-state index is -1.69. The van der Waals surface area contributed by atoms with E-state index in [0.29, 0.717) is 5.56 Å². The molecule has 0 heterocycles. The molecule has 0 aromatic heterocycles. The van der Waals surface area contributed by atoms with Gasteiger partial charge in [0.05, 0.1) is 12.7 Å². The van der Waals surface area contributed by atoms with Gasteiger partial charge in [-0.2, -0.15) is 5.26 Å². The number of rotatable bonds is 3. The van der Waals surface area contributed by atoms with Gasteiger partial charge in [-0.25, -0.2) is 4.79 Å². The van der Waals surface area contributed by atoms with Crippen LogP contribution in [0.2, 0.25) is 0 Å². The highest BCUT2D eigenvalue weighted by Gasteiger charge is 2.23. The Kier molecular flexibility index (Phi) is 3.48. The van der Waals surface area contributed by atoms with Crippen LogP contribution in [-0.2, 0) is 4.79 Å². The van der Waals surface area contributed by atoms with Gasteiger partial charge in [-0.15, -0.1) is 0 Å². The van der Waals surface area contributed by atoms with Crippen LogP contribution in [0.1, 0.15) is 22.8 Å². The number of nitrogens with zero attached hydrogens (tertiary/aromatic N) is 1. The smallest absolute Gasteiger partial charge is 0.337 e. The van der Waals surface area contributed by atoms with Gasteiger partial charge in [0.1, 0.15) is 11.8 Å². The van der Waals surface area contributed by atoms with Crippen LogP contribution in [0.25, 0.3) is 0 Å². The largest absolute Gasteiger partial charge is 0.495 e. The van der Waals surface area contributed by atoms with Crippen LogP contribution in [-0.4, -0.2) is 23.3 Å². The molecule has 5 nitrogen and oxygen atoms in total. The average molecular weight is 221 g/mol. The highest BCUT2D eigenvalue weighted by molar-refractivity contribution is 5.76. The van der Waals surface area contributed by atoms with Crippen molar-refractivity contribution in [2.75, 3.05) is 7.11 Å². The predicted molar refractivity (Wildman–Crippen MR) is 55.0 cm³/mol. The zero-order chi connectivity index (χ0) is 12.3. The highest BCUT2D eigenvalue weighted by atomic mass is 16.5. The van der Waals surface area contributed by atoms with Gasteiger partial charge >= 0.3 is 5.97 Å². The lowest BCUT2D eigenvalue weighted by atomic mass is 10.0. The van der Waals surface area contributed by atoms with Gasteiger partial charge in [0.15, 0.2) is 6.10 Å². The summed E-state index contributed by atoms with van der Waals surface area (Å²) in [6, 6.07) is 4.93. The number of carboxylic acids is 1. The van der Waals surface area contributed by atoms with E-state index in [9.17, 15) is 9.90 Å². The molecule has 0 saturated carbocycles. The Balaban J connectivity index is 3.42. The summed E-state index contributed by atoms with van der Waals surface area (Å²) in [4.78, 5) is 10.7. The molecular formula is C11H11NO4. The first kappa shape index (κ1) is 12.0. The van der Waals surface area contributed by atoms with Crippen molar-refractivity contribution in [2.45, 2.75) is 13.0 Å². The molecule has 16 heavy (non-hydrogen) atoms. The Morgan fingerprint density at radius 2 is 2.19 bits per heavy atom. The first-order chi connectivity index (χ1) is 7.52. The predicted octanol–water partition coefficient (Wildman–Crippen LogP) is 0.993. The van der Waals surface area contributed by atoms with Crippen LogP contribution in [0.15, 0.2) is 12.1 Å². The van der Waals surface area contributed by atoms with E-state index in [4.69, 9.17) is 15.1 Å². The third-order valence-corrected chi connectivity index (χ3v) is 2.24. The minimum absolute atomic E-state index is 0.0807. The average Bonchev–Trinajstić information content (AvgIpc) is 2.27. The van der Waals surface area contributed by atoms with Crippen LogP contribution in [0.5, 0.6) is 5.75 Å². The van der Waals surface area contributed by atoms with E-state index >= 15 is 0 Å². The fourth-order valence-electron chi connectivity index (χ4n) is 1.40. The lowest BCUT2D eigenvalue weighted by Crippen LogP contribution is -2.12. The molecule has 0 aliphatic heterocycles. The number of methoxy groups -OCH3 is 1. The molecule has 0 saturated heterocycles. The van der Waals surface area contributed by atoms with Crippen LogP contribution < -0.4 is 4.74 Å². The minimum Gasteiger partial charge on any atom is -0.495 e. The monoisotopic (exact) mass is 221 g/mol. The molecular weight excluding hydrogens is 210 g/mol. The van der Waals surface area contributed by atoms with E-state index in [1.807, 2.05) is 6.07 Å². The van der Waals surface area contributed by atoms with Crippen molar-refractivity contribution in [1.29, 1.82) is 5.26 Å². The van der Waals surface area contributed by atoms with Crippen molar-refractivity contribution in [3.05, 3.63) is 28.8 Å². The summed E-state index contributed by atoms with van der Waals surface area (Å²) in [7, 11) is 1.33. The van der Waals surface area contributed by atoms with Gasteiger partial charge in [-0.3, -0.25) is 0 Å². The summed E-state index contributed by atoms with van der Waals surface area (Å²) < 4.78 is 4.97. The second-order valence-electron chi connectivity index (χ2n) is 3.23. The molecule has 1 unspecified atom stereocenters. The Bertz CT molecular complexity index is 462. The Morgan fingerprint density at radius 1 is 1.56 bits per heavy atom. The molecule has 5 heteroatoms. The van der Waals surface area contributed by atoms with E-state index in [-0.39, 0.29) is 16.9 Å². The molecule has 0 radical (unpaired) electrons. The van der Waals surface area contributed by atoms with Crippen molar-refractivity contribution in [3.63, 3.8) is 0 Å². The van der Waals surface area contributed by atoms with Crippen LogP contribution in [0.3, 0.4) is 0 Å². The lowest BCUT2D eigenvalue weighted by molar-refractivity contribution is -0.147. The molecule has 84 valence electrons. The number of aliphatic carboxylic acids is 1. The molecule has 0 fully saturated rings. The third-order valence-electron chi connectivity index (χ3n) is 2.24. The normalized spacial score (nSPS) is 11.6. The number of carboxylic acid groups (broad SMARTS) is 1. The van der Waals surface area contributed by atoms with Gasteiger partial charge in [0, 0.05) is 5.56 Å². The van der Waals surface area contributed by atoms with E-state index in [1.165, 1.54) is 13.2 Å². The number of benzene rings is 1. The Labute approximate surface area is 92.5 Å². The number of ether oxygens (including phenoxy) is 1. The Morgan fingerprint density at radius 3 is 2.62 bits per heavy atom. The number of aliphatic hydroxyl groups is 1. The second-order valence-corrected chi connectivity index (χ2v) is 3.23. The zero-order valence-corrected chi connectivity index (χ0v) is 8.89. The highest BCUT2D eigenvalue weighted by Crippen LogP contribution is 2.30. The quantitative estimate of drug-likeness (QED) is 0.794. The standard InChI is InChI=1S/C11H11NO4/c1-6-3-4-7(9(13)11(14)15)10(16-2)8(6)5-12/h3-4,9,13H,1-2H3,(H,14,15). The summed E-state index contributed by atoms with van der Waals surface area (Å²) in [6.07, 6.45) is -1.69. The van der Waals surface area contributed by atoms with Crippen molar-refractivity contribution in [1.82, 2.24) is 0 Å². The van der Waals surface area contributed by atoms with E-state index in [2.05, 4.69) is 0 Å². The second kappa shape index (κ2) is 4.64. The van der Waals surface area contributed by atoms with Gasteiger partial charge in [0.2, 0.25) is 0 Å². The molecule has 0 aliphatic rings. The summed E-state index contributed by atoms with van der Waals surface area (Å²) in [5.74, 6) is -1.27. The van der Waals surface area contributed by atoms with E-state index in [1.54, 1.807) is 13.0 Å². The SMILES string of the molecule is COc1c(C(O)C(=O)O)ccc(C)c1C#N. The van der Waals surface area contributed by atoms with Crippen molar-refractivity contribution >= 4 is 5.97 Å². The van der Waals surface area contributed by atoms with Gasteiger partial charge in [0.25, 0.3) is 0 Å². The maximum atomic E-state index is 10.7. The topological polar surface area (TPSA) is 90.6 Å². The van der Waals surface area contributed by atoms with Crippen LogP contribution >= 0.6 is 0 Å². The van der Waals surface area contributed by atoms with Crippen molar-refractivity contribution in [2.24, 2.45) is 0 Å². The Hall–Kier alpha value is -2.06. The first-order valence-electron chi connectivity index (χ1n) is 4.51. The van der Waals surface area contributed by atoms with Crippen LogP contribution in [0, 0.1) is 18.3 Å². The first-order valence-corrected chi connectivity index (χ1v) is 4.51. The molecule has 0 amide bonds. The maximum absolute atomic E-state index is 10.7. The molecule has 1 aromatic carbocycles. The fourth-order valence-corrected chi connectivity index (χ4v) is 1.40. The molecule has 1 aromatic rings. The molecule has 0 aliphatic carbocycles. The summed E-state index contributed by atoms with van der Waals surface area (Å²) >= 11 is 0. The van der Waals surface area contributed by atoms with E-state index < -0.39 is 12.1 Å². The molecule has 0 spiro atoms. The number of hydrogen-bond acceptors (Lipinski definition) is 4. The number of hydrogen-bond donors (Lipinski definition) is 2. The summed E-state index contributed by atoms with van der Waals surface area (Å²) in [5, 5.41) is 27.0. The number of nitriles is 1.